The number of hydrogen-bond donors (Lipinski definition) is 2. The number of aliphatic carboxylic acids is 1. The van der Waals surface area contributed by atoms with E-state index in [1.165, 1.54) is 12.8 Å². The third kappa shape index (κ3) is 3.44. The molecule has 20 heavy (non-hydrogen) atoms. The molecule has 2 amide bonds. The number of urea groups is 1. The molecule has 0 saturated heterocycles. The summed E-state index contributed by atoms with van der Waals surface area (Å²) in [7, 11) is 0. The van der Waals surface area contributed by atoms with Crippen LogP contribution in [0.15, 0.2) is 0 Å². The summed E-state index contributed by atoms with van der Waals surface area (Å²) >= 11 is 0. The van der Waals surface area contributed by atoms with Crippen LogP contribution in [0.25, 0.3) is 0 Å². The second-order valence-electron chi connectivity index (χ2n) is 6.73. The van der Waals surface area contributed by atoms with E-state index in [-0.39, 0.29) is 12.6 Å². The second kappa shape index (κ2) is 6.02. The lowest BCUT2D eigenvalue weighted by Gasteiger charge is -2.31. The monoisotopic (exact) mass is 282 g/mol. The highest BCUT2D eigenvalue weighted by atomic mass is 16.4. The first-order valence-electron chi connectivity index (χ1n) is 7.72. The Kier molecular flexibility index (Phi) is 4.55. The molecule has 0 spiro atoms. The minimum absolute atomic E-state index is 0.0851. The molecule has 0 unspecified atom stereocenters. The molecular formula is C15H26N2O3. The van der Waals surface area contributed by atoms with Gasteiger partial charge in [0, 0.05) is 19.1 Å². The first-order valence-corrected chi connectivity index (χ1v) is 7.72. The molecule has 0 aliphatic heterocycles. The van der Waals surface area contributed by atoms with Crippen molar-refractivity contribution in [3.8, 4) is 0 Å². The van der Waals surface area contributed by atoms with Crippen LogP contribution in [0.3, 0.4) is 0 Å². The van der Waals surface area contributed by atoms with Gasteiger partial charge in [0.2, 0.25) is 0 Å². The van der Waals surface area contributed by atoms with Crippen LogP contribution in [0, 0.1) is 11.3 Å². The number of carboxylic acids is 1. The van der Waals surface area contributed by atoms with Crippen LogP contribution in [0.1, 0.15) is 52.4 Å². The van der Waals surface area contributed by atoms with E-state index in [0.29, 0.717) is 24.8 Å². The number of carboxylic acid groups (broad SMARTS) is 1. The van der Waals surface area contributed by atoms with Gasteiger partial charge in [0.25, 0.3) is 0 Å². The molecule has 0 aromatic heterocycles. The van der Waals surface area contributed by atoms with Gasteiger partial charge in [0.1, 0.15) is 0 Å². The summed E-state index contributed by atoms with van der Waals surface area (Å²) in [5, 5.41) is 12.0. The van der Waals surface area contributed by atoms with Crippen molar-refractivity contribution >= 4 is 12.0 Å². The maximum absolute atomic E-state index is 12.4. The lowest BCUT2D eigenvalue weighted by Crippen LogP contribution is -2.48. The van der Waals surface area contributed by atoms with Crippen LogP contribution >= 0.6 is 0 Å². The van der Waals surface area contributed by atoms with E-state index in [4.69, 9.17) is 5.11 Å². The molecule has 2 rings (SSSR count). The summed E-state index contributed by atoms with van der Waals surface area (Å²) in [5.74, 6) is -0.357. The molecule has 5 heteroatoms. The highest BCUT2D eigenvalue weighted by Gasteiger charge is 2.50. The fourth-order valence-corrected chi connectivity index (χ4v) is 2.97. The van der Waals surface area contributed by atoms with Crippen molar-refractivity contribution in [1.82, 2.24) is 10.2 Å². The van der Waals surface area contributed by atoms with Crippen molar-refractivity contribution in [2.24, 2.45) is 11.3 Å². The Morgan fingerprint density at radius 3 is 2.35 bits per heavy atom. The highest BCUT2D eigenvalue weighted by Crippen LogP contribution is 2.45. The summed E-state index contributed by atoms with van der Waals surface area (Å²) in [6.45, 7) is 5.22. The van der Waals surface area contributed by atoms with Crippen LogP contribution in [0.2, 0.25) is 0 Å². The van der Waals surface area contributed by atoms with E-state index in [2.05, 4.69) is 19.2 Å². The Morgan fingerprint density at radius 1 is 1.30 bits per heavy atom. The maximum atomic E-state index is 12.4. The standard InChI is InChI=1S/C15H26N2O3/c1-11(2)9-17(12-5-3-4-6-12)14(20)16-10-15(7-8-15)13(18)19/h11-12H,3-10H2,1-2H3,(H,16,20)(H,18,19). The molecule has 2 fully saturated rings. The number of carbonyl (C=O) groups is 2. The normalized spacial score (nSPS) is 20.9. The highest BCUT2D eigenvalue weighted by molar-refractivity contribution is 5.80. The third-order valence-corrected chi connectivity index (χ3v) is 4.47. The summed E-state index contributed by atoms with van der Waals surface area (Å²) in [4.78, 5) is 25.4. The molecular weight excluding hydrogens is 256 g/mol. The fraction of sp³-hybridized carbons (Fsp3) is 0.867. The molecule has 5 nitrogen and oxygen atoms in total. The van der Waals surface area contributed by atoms with Crippen molar-refractivity contribution < 1.29 is 14.7 Å². The molecule has 0 heterocycles. The Bertz CT molecular complexity index is 371. The number of amides is 2. The topological polar surface area (TPSA) is 69.6 Å². The second-order valence-corrected chi connectivity index (χ2v) is 6.73. The molecule has 0 aromatic rings. The SMILES string of the molecule is CC(C)CN(C(=O)NCC1(C(=O)O)CC1)C1CCCC1. The van der Waals surface area contributed by atoms with Gasteiger partial charge in [-0.2, -0.15) is 0 Å². The zero-order valence-corrected chi connectivity index (χ0v) is 12.5. The summed E-state index contributed by atoms with van der Waals surface area (Å²) in [6, 6.07) is 0.246. The van der Waals surface area contributed by atoms with Gasteiger partial charge in [-0.3, -0.25) is 4.79 Å². The number of hydrogen-bond acceptors (Lipinski definition) is 2. The smallest absolute Gasteiger partial charge is 0.317 e. The first-order chi connectivity index (χ1) is 9.44. The molecule has 0 bridgehead atoms. The Morgan fingerprint density at radius 2 is 1.90 bits per heavy atom. The van der Waals surface area contributed by atoms with Crippen molar-refractivity contribution in [3.63, 3.8) is 0 Å². The zero-order chi connectivity index (χ0) is 14.8. The van der Waals surface area contributed by atoms with Crippen LogP contribution in [-0.2, 0) is 4.79 Å². The quantitative estimate of drug-likeness (QED) is 0.786. The zero-order valence-electron chi connectivity index (χ0n) is 12.5. The molecule has 0 atom stereocenters. The third-order valence-electron chi connectivity index (χ3n) is 4.47. The number of nitrogens with zero attached hydrogens (tertiary/aromatic N) is 1. The van der Waals surface area contributed by atoms with E-state index in [9.17, 15) is 9.59 Å². The van der Waals surface area contributed by atoms with Crippen molar-refractivity contribution in [1.29, 1.82) is 0 Å². The maximum Gasteiger partial charge on any atom is 0.317 e. The Hall–Kier alpha value is -1.26. The minimum atomic E-state index is -0.783. The fourth-order valence-electron chi connectivity index (χ4n) is 2.97. The van der Waals surface area contributed by atoms with Gasteiger partial charge in [-0.05, 0) is 31.6 Å². The van der Waals surface area contributed by atoms with Crippen LogP contribution in [0.5, 0.6) is 0 Å². The predicted octanol–water partition coefficient (Wildman–Crippen LogP) is 2.46. The average Bonchev–Trinajstić information content (AvgIpc) is 2.99. The van der Waals surface area contributed by atoms with Crippen LogP contribution in [-0.4, -0.2) is 41.1 Å². The molecule has 114 valence electrons. The molecule has 2 aliphatic carbocycles. The molecule has 2 saturated carbocycles. The summed E-state index contributed by atoms with van der Waals surface area (Å²) in [5.41, 5.74) is -0.686. The minimum Gasteiger partial charge on any atom is -0.481 e. The lowest BCUT2D eigenvalue weighted by atomic mass is 10.1. The van der Waals surface area contributed by atoms with Gasteiger partial charge in [0.15, 0.2) is 0 Å². The number of nitrogens with one attached hydrogen (secondary N) is 1. The molecule has 2 aliphatic rings. The van der Waals surface area contributed by atoms with E-state index in [1.54, 1.807) is 0 Å². The Balaban J connectivity index is 1.90. The van der Waals surface area contributed by atoms with Crippen molar-refractivity contribution in [2.75, 3.05) is 13.1 Å². The van der Waals surface area contributed by atoms with Crippen molar-refractivity contribution in [2.45, 2.75) is 58.4 Å². The largest absolute Gasteiger partial charge is 0.481 e. The number of rotatable bonds is 6. The van der Waals surface area contributed by atoms with E-state index < -0.39 is 11.4 Å². The van der Waals surface area contributed by atoms with Gasteiger partial charge in [-0.1, -0.05) is 26.7 Å². The van der Waals surface area contributed by atoms with Crippen LogP contribution < -0.4 is 5.32 Å². The van der Waals surface area contributed by atoms with Gasteiger partial charge in [-0.25, -0.2) is 4.79 Å². The summed E-state index contributed by atoms with van der Waals surface area (Å²) < 4.78 is 0. The van der Waals surface area contributed by atoms with Gasteiger partial charge < -0.3 is 15.3 Å². The number of carbonyl (C=O) groups excluding carboxylic acids is 1. The molecule has 0 aromatic carbocycles. The Labute approximate surface area is 120 Å². The van der Waals surface area contributed by atoms with Gasteiger partial charge in [0.05, 0.1) is 5.41 Å². The van der Waals surface area contributed by atoms with Gasteiger partial charge in [-0.15, -0.1) is 0 Å². The summed E-state index contributed by atoms with van der Waals surface area (Å²) in [6.07, 6.45) is 5.87. The van der Waals surface area contributed by atoms with E-state index in [1.807, 2.05) is 4.90 Å². The first kappa shape index (κ1) is 15.1. The lowest BCUT2D eigenvalue weighted by molar-refractivity contribution is -0.143. The van der Waals surface area contributed by atoms with E-state index in [0.717, 1.165) is 19.4 Å². The van der Waals surface area contributed by atoms with Crippen LogP contribution in [0.4, 0.5) is 4.79 Å². The predicted molar refractivity (Wildman–Crippen MR) is 76.5 cm³/mol. The van der Waals surface area contributed by atoms with E-state index >= 15 is 0 Å². The molecule has 0 radical (unpaired) electrons. The average molecular weight is 282 g/mol. The molecule has 2 N–H and O–H groups in total. The van der Waals surface area contributed by atoms with Gasteiger partial charge >= 0.3 is 12.0 Å². The van der Waals surface area contributed by atoms with Crippen molar-refractivity contribution in [3.05, 3.63) is 0 Å².